The molecule has 3 rings (SSSR count). The molecule has 0 spiro atoms. The Kier molecular flexibility index (Phi) is 6.76. The molecule has 1 amide bonds. The first-order chi connectivity index (χ1) is 14.8. The van der Waals surface area contributed by atoms with Crippen LogP contribution >= 0.6 is 0 Å². The molecule has 1 heterocycles. The van der Waals surface area contributed by atoms with E-state index in [2.05, 4.69) is 0 Å². The van der Waals surface area contributed by atoms with E-state index >= 15 is 0 Å². The van der Waals surface area contributed by atoms with Gasteiger partial charge in [0.25, 0.3) is 5.91 Å². The van der Waals surface area contributed by atoms with Crippen LogP contribution in [0, 0.1) is 10.1 Å². The van der Waals surface area contributed by atoms with Crippen LogP contribution in [0.4, 0.5) is 5.69 Å². The van der Waals surface area contributed by atoms with E-state index in [9.17, 15) is 23.3 Å². The highest BCUT2D eigenvalue weighted by molar-refractivity contribution is 7.89. The normalized spacial score (nSPS) is 14.8. The SMILES string of the molecule is CCOc1cccc(C(=O)N2CCN(S(=O)(=O)c3ccc(OC)c([N+](=O)[O-])c3)CC2)c1. The lowest BCUT2D eigenvalue weighted by Crippen LogP contribution is -2.50. The minimum atomic E-state index is -3.96. The summed E-state index contributed by atoms with van der Waals surface area (Å²) in [7, 11) is -2.68. The Morgan fingerprint density at radius 3 is 2.45 bits per heavy atom. The van der Waals surface area contributed by atoms with Gasteiger partial charge < -0.3 is 14.4 Å². The van der Waals surface area contributed by atoms with E-state index in [1.165, 1.54) is 23.5 Å². The molecule has 0 saturated carbocycles. The lowest BCUT2D eigenvalue weighted by atomic mass is 10.1. The van der Waals surface area contributed by atoms with Gasteiger partial charge in [-0.25, -0.2) is 8.42 Å². The van der Waals surface area contributed by atoms with Crippen LogP contribution < -0.4 is 9.47 Å². The number of ether oxygens (including phenoxy) is 2. The molecule has 0 aromatic heterocycles. The fraction of sp³-hybridized carbons (Fsp3) is 0.350. The number of piperazine rings is 1. The predicted octanol–water partition coefficient (Wildman–Crippen LogP) is 2.15. The number of nitro groups is 1. The van der Waals surface area contributed by atoms with Gasteiger partial charge in [-0.1, -0.05) is 6.07 Å². The number of benzene rings is 2. The number of rotatable bonds is 7. The van der Waals surface area contributed by atoms with Crippen molar-refractivity contribution in [2.75, 3.05) is 39.9 Å². The van der Waals surface area contributed by atoms with Gasteiger partial charge in [-0.3, -0.25) is 14.9 Å². The summed E-state index contributed by atoms with van der Waals surface area (Å²) in [5, 5.41) is 11.2. The molecule has 2 aromatic carbocycles. The molecule has 1 fully saturated rings. The third-order valence-electron chi connectivity index (χ3n) is 4.90. The Balaban J connectivity index is 1.73. The molecular weight excluding hydrogens is 426 g/mol. The van der Waals surface area contributed by atoms with Crippen LogP contribution in [-0.4, -0.2) is 68.3 Å². The van der Waals surface area contributed by atoms with Gasteiger partial charge in [0.05, 0.1) is 23.5 Å². The molecule has 11 heteroatoms. The van der Waals surface area contributed by atoms with Crippen LogP contribution in [0.3, 0.4) is 0 Å². The summed E-state index contributed by atoms with van der Waals surface area (Å²) in [6.45, 7) is 2.91. The summed E-state index contributed by atoms with van der Waals surface area (Å²) in [6, 6.07) is 10.4. The number of nitrogens with zero attached hydrogens (tertiary/aromatic N) is 3. The average Bonchev–Trinajstić information content (AvgIpc) is 2.78. The summed E-state index contributed by atoms with van der Waals surface area (Å²) in [6.07, 6.45) is 0. The van der Waals surface area contributed by atoms with E-state index in [4.69, 9.17) is 9.47 Å². The number of methoxy groups -OCH3 is 1. The zero-order valence-corrected chi connectivity index (χ0v) is 18.0. The average molecular weight is 449 g/mol. The molecular formula is C20H23N3O7S. The van der Waals surface area contributed by atoms with E-state index in [1.54, 1.807) is 29.2 Å². The molecule has 10 nitrogen and oxygen atoms in total. The number of carbonyl (C=O) groups is 1. The third kappa shape index (κ3) is 4.78. The van der Waals surface area contributed by atoms with Gasteiger partial charge in [0.1, 0.15) is 5.75 Å². The molecule has 0 aliphatic carbocycles. The number of amides is 1. The lowest BCUT2D eigenvalue weighted by molar-refractivity contribution is -0.386. The van der Waals surface area contributed by atoms with Crippen molar-refractivity contribution in [3.63, 3.8) is 0 Å². The van der Waals surface area contributed by atoms with Gasteiger partial charge in [0, 0.05) is 37.8 Å². The zero-order valence-electron chi connectivity index (χ0n) is 17.2. The Bertz CT molecular complexity index is 1080. The second-order valence-corrected chi connectivity index (χ2v) is 8.69. The number of sulfonamides is 1. The van der Waals surface area contributed by atoms with Crippen molar-refractivity contribution in [1.29, 1.82) is 0 Å². The van der Waals surface area contributed by atoms with Gasteiger partial charge in [0.15, 0.2) is 5.75 Å². The highest BCUT2D eigenvalue weighted by Gasteiger charge is 2.32. The summed E-state index contributed by atoms with van der Waals surface area (Å²) >= 11 is 0. The topological polar surface area (TPSA) is 119 Å². The van der Waals surface area contributed by atoms with Crippen molar-refractivity contribution >= 4 is 21.6 Å². The van der Waals surface area contributed by atoms with Gasteiger partial charge in [-0.2, -0.15) is 4.31 Å². The summed E-state index contributed by atoms with van der Waals surface area (Å²) in [5.41, 5.74) is 0.0413. The molecule has 0 unspecified atom stereocenters. The molecule has 31 heavy (non-hydrogen) atoms. The fourth-order valence-corrected chi connectivity index (χ4v) is 4.76. The van der Waals surface area contributed by atoms with Crippen molar-refractivity contribution in [3.8, 4) is 11.5 Å². The van der Waals surface area contributed by atoms with Crippen LogP contribution in [0.5, 0.6) is 11.5 Å². The Morgan fingerprint density at radius 2 is 1.84 bits per heavy atom. The highest BCUT2D eigenvalue weighted by Crippen LogP contribution is 2.31. The molecule has 0 radical (unpaired) electrons. The maximum Gasteiger partial charge on any atom is 0.312 e. The predicted molar refractivity (Wildman–Crippen MR) is 112 cm³/mol. The summed E-state index contributed by atoms with van der Waals surface area (Å²) in [5.74, 6) is 0.364. The number of nitro benzene ring substituents is 1. The maximum absolute atomic E-state index is 13.0. The van der Waals surface area contributed by atoms with Gasteiger partial charge in [-0.15, -0.1) is 0 Å². The van der Waals surface area contributed by atoms with Crippen LogP contribution in [-0.2, 0) is 10.0 Å². The number of hydrogen-bond acceptors (Lipinski definition) is 7. The van der Waals surface area contributed by atoms with Gasteiger partial charge in [-0.05, 0) is 37.3 Å². The molecule has 1 saturated heterocycles. The maximum atomic E-state index is 13.0. The molecule has 166 valence electrons. The Labute approximate surface area is 180 Å². The second-order valence-electron chi connectivity index (χ2n) is 6.75. The van der Waals surface area contributed by atoms with Gasteiger partial charge in [0.2, 0.25) is 10.0 Å². The van der Waals surface area contributed by atoms with Crippen molar-refractivity contribution in [2.24, 2.45) is 0 Å². The first-order valence-corrected chi connectivity index (χ1v) is 11.1. The number of hydrogen-bond donors (Lipinski definition) is 0. The van der Waals surface area contributed by atoms with Crippen molar-refractivity contribution < 1.29 is 27.6 Å². The van der Waals surface area contributed by atoms with Crippen LogP contribution in [0.25, 0.3) is 0 Å². The largest absolute Gasteiger partial charge is 0.494 e. The van der Waals surface area contributed by atoms with E-state index in [0.717, 1.165) is 6.07 Å². The Hall–Kier alpha value is -3.18. The fourth-order valence-electron chi connectivity index (χ4n) is 3.32. The molecule has 0 atom stereocenters. The second kappa shape index (κ2) is 9.31. The van der Waals surface area contributed by atoms with Crippen LogP contribution in [0.1, 0.15) is 17.3 Å². The van der Waals surface area contributed by atoms with Crippen molar-refractivity contribution in [3.05, 3.63) is 58.1 Å². The molecule has 1 aliphatic rings. The number of carbonyl (C=O) groups excluding carboxylic acids is 1. The summed E-state index contributed by atoms with van der Waals surface area (Å²) < 4.78 is 37.5. The smallest absolute Gasteiger partial charge is 0.312 e. The molecule has 2 aromatic rings. The first-order valence-electron chi connectivity index (χ1n) is 9.62. The Morgan fingerprint density at radius 1 is 1.13 bits per heavy atom. The molecule has 0 N–H and O–H groups in total. The first kappa shape index (κ1) is 22.5. The van der Waals surface area contributed by atoms with E-state index < -0.39 is 20.6 Å². The lowest BCUT2D eigenvalue weighted by Gasteiger charge is -2.34. The van der Waals surface area contributed by atoms with E-state index in [-0.39, 0.29) is 42.7 Å². The van der Waals surface area contributed by atoms with Gasteiger partial charge >= 0.3 is 5.69 Å². The summed E-state index contributed by atoms with van der Waals surface area (Å²) in [4.78, 5) is 24.7. The van der Waals surface area contributed by atoms with E-state index in [0.29, 0.717) is 17.9 Å². The highest BCUT2D eigenvalue weighted by atomic mass is 32.2. The quantitative estimate of drug-likeness (QED) is 0.469. The zero-order chi connectivity index (χ0) is 22.6. The minimum absolute atomic E-state index is 0.0198. The standard InChI is InChI=1S/C20H23N3O7S/c1-3-30-16-6-4-5-15(13-16)20(24)21-9-11-22(12-10-21)31(27,28)17-7-8-19(29-2)18(14-17)23(25)26/h4-8,13-14H,3,9-12H2,1-2H3. The molecule has 1 aliphatic heterocycles. The third-order valence-corrected chi connectivity index (χ3v) is 6.80. The molecule has 0 bridgehead atoms. The van der Waals surface area contributed by atoms with Crippen LogP contribution in [0.15, 0.2) is 47.4 Å². The van der Waals surface area contributed by atoms with E-state index in [1.807, 2.05) is 6.92 Å². The van der Waals surface area contributed by atoms with Crippen molar-refractivity contribution in [1.82, 2.24) is 9.21 Å². The van der Waals surface area contributed by atoms with Crippen molar-refractivity contribution in [2.45, 2.75) is 11.8 Å². The monoisotopic (exact) mass is 449 g/mol. The minimum Gasteiger partial charge on any atom is -0.494 e. The van der Waals surface area contributed by atoms with Crippen LogP contribution in [0.2, 0.25) is 0 Å².